The highest BCUT2D eigenvalue weighted by Crippen LogP contribution is 2.33. The second-order valence-corrected chi connectivity index (χ2v) is 6.13. The minimum absolute atomic E-state index is 0.0136. The summed E-state index contributed by atoms with van der Waals surface area (Å²) in [7, 11) is 0. The lowest BCUT2D eigenvalue weighted by Crippen LogP contribution is -2.36. The monoisotopic (exact) mass is 377 g/mol. The molecule has 1 aliphatic heterocycles. The molecular weight excluding hydrogens is 363 g/mol. The lowest BCUT2D eigenvalue weighted by molar-refractivity contribution is -0.274. The maximum absolute atomic E-state index is 12.9. The highest BCUT2D eigenvalue weighted by Gasteiger charge is 2.32. The van der Waals surface area contributed by atoms with Crippen LogP contribution in [0.15, 0.2) is 30.5 Å². The maximum atomic E-state index is 12.9. The molecule has 3 aromatic rings. The standard InChI is InChI=1S/C17H14F3N5O2/c1-10-6-7-21-16-22-14(23-25(10)16)15(26)24-8-2-3-11-9-12(4-5-13(11)24)27-17(18,19)20/h4-7,9H,2-3,8H2,1H3. The van der Waals surface area contributed by atoms with Gasteiger partial charge in [0.2, 0.25) is 5.82 Å². The molecule has 0 saturated heterocycles. The van der Waals surface area contributed by atoms with Crippen LogP contribution in [-0.2, 0) is 6.42 Å². The molecule has 0 atom stereocenters. The number of halogens is 3. The van der Waals surface area contributed by atoms with E-state index >= 15 is 0 Å². The molecule has 1 amide bonds. The van der Waals surface area contributed by atoms with Crippen molar-refractivity contribution >= 4 is 17.4 Å². The van der Waals surface area contributed by atoms with Crippen molar-refractivity contribution in [2.45, 2.75) is 26.1 Å². The van der Waals surface area contributed by atoms with Crippen LogP contribution in [0, 0.1) is 6.92 Å². The number of carbonyl (C=O) groups excluding carboxylic acids is 1. The lowest BCUT2D eigenvalue weighted by Gasteiger charge is -2.29. The zero-order chi connectivity index (χ0) is 19.2. The molecule has 1 aromatic carbocycles. The van der Waals surface area contributed by atoms with Crippen LogP contribution in [0.2, 0.25) is 0 Å². The molecule has 0 aliphatic carbocycles. The summed E-state index contributed by atoms with van der Waals surface area (Å²) in [5.41, 5.74) is 1.92. The molecule has 0 bridgehead atoms. The van der Waals surface area contributed by atoms with Crippen molar-refractivity contribution < 1.29 is 22.7 Å². The number of aromatic nitrogens is 4. The molecule has 7 nitrogen and oxygen atoms in total. The van der Waals surface area contributed by atoms with Gasteiger partial charge in [-0.15, -0.1) is 18.3 Å². The molecule has 0 fully saturated rings. The first kappa shape index (κ1) is 17.3. The molecule has 0 N–H and O–H groups in total. The van der Waals surface area contributed by atoms with E-state index in [2.05, 4.69) is 19.8 Å². The van der Waals surface area contributed by atoms with Gasteiger partial charge in [0, 0.05) is 24.1 Å². The van der Waals surface area contributed by atoms with Crippen LogP contribution in [0.4, 0.5) is 18.9 Å². The van der Waals surface area contributed by atoms with Gasteiger partial charge in [-0.25, -0.2) is 9.50 Å². The normalized spacial score (nSPS) is 14.3. The highest BCUT2D eigenvalue weighted by molar-refractivity contribution is 6.04. The van der Waals surface area contributed by atoms with Gasteiger partial charge in [-0.05, 0) is 49.6 Å². The summed E-state index contributed by atoms with van der Waals surface area (Å²) in [6.07, 6.45) is -2.03. The summed E-state index contributed by atoms with van der Waals surface area (Å²) < 4.78 is 42.7. The van der Waals surface area contributed by atoms with Crippen molar-refractivity contribution in [2.75, 3.05) is 11.4 Å². The van der Waals surface area contributed by atoms with Crippen LogP contribution in [-0.4, -0.2) is 38.4 Å². The first-order chi connectivity index (χ1) is 12.8. The van der Waals surface area contributed by atoms with Gasteiger partial charge in [-0.3, -0.25) is 4.79 Å². The van der Waals surface area contributed by atoms with E-state index in [1.807, 2.05) is 6.92 Å². The minimum Gasteiger partial charge on any atom is -0.406 e. The predicted octanol–water partition coefficient (Wildman–Crippen LogP) is 2.92. The average Bonchev–Trinajstić information content (AvgIpc) is 3.05. The van der Waals surface area contributed by atoms with E-state index in [9.17, 15) is 18.0 Å². The van der Waals surface area contributed by atoms with Crippen LogP contribution in [0.1, 0.15) is 28.3 Å². The van der Waals surface area contributed by atoms with E-state index in [1.54, 1.807) is 12.3 Å². The van der Waals surface area contributed by atoms with Crippen molar-refractivity contribution in [2.24, 2.45) is 0 Å². The van der Waals surface area contributed by atoms with Crippen LogP contribution in [0.25, 0.3) is 5.78 Å². The number of carbonyl (C=O) groups is 1. The molecule has 1 aliphatic rings. The molecule has 0 unspecified atom stereocenters. The SMILES string of the molecule is Cc1ccnc2nc(C(=O)N3CCCc4cc(OC(F)(F)F)ccc43)nn12. The Morgan fingerprint density at radius 2 is 2.07 bits per heavy atom. The van der Waals surface area contributed by atoms with E-state index in [4.69, 9.17) is 0 Å². The Hall–Kier alpha value is -3.17. The summed E-state index contributed by atoms with van der Waals surface area (Å²) in [5, 5.41) is 4.20. The number of alkyl halides is 3. The van der Waals surface area contributed by atoms with E-state index in [1.165, 1.54) is 27.6 Å². The number of rotatable bonds is 2. The van der Waals surface area contributed by atoms with Gasteiger partial charge < -0.3 is 9.64 Å². The molecule has 2 aromatic heterocycles. The van der Waals surface area contributed by atoms with Crippen molar-refractivity contribution in [3.8, 4) is 5.75 Å². The Balaban J connectivity index is 1.67. The van der Waals surface area contributed by atoms with Crippen molar-refractivity contribution in [3.63, 3.8) is 0 Å². The summed E-state index contributed by atoms with van der Waals surface area (Å²) in [4.78, 5) is 22.6. The fourth-order valence-corrected chi connectivity index (χ4v) is 3.10. The third-order valence-electron chi connectivity index (χ3n) is 4.27. The zero-order valence-electron chi connectivity index (χ0n) is 14.2. The number of ether oxygens (including phenoxy) is 1. The quantitative estimate of drug-likeness (QED) is 0.687. The number of hydrogen-bond donors (Lipinski definition) is 0. The largest absolute Gasteiger partial charge is 0.573 e. The van der Waals surface area contributed by atoms with Crippen LogP contribution >= 0.6 is 0 Å². The molecule has 27 heavy (non-hydrogen) atoms. The Kier molecular flexibility index (Phi) is 3.97. The van der Waals surface area contributed by atoms with Gasteiger partial charge in [0.05, 0.1) is 0 Å². The van der Waals surface area contributed by atoms with E-state index in [0.717, 1.165) is 5.69 Å². The Bertz CT molecular complexity index is 1030. The Labute approximate surface area is 151 Å². The van der Waals surface area contributed by atoms with Crippen molar-refractivity contribution in [1.82, 2.24) is 19.6 Å². The van der Waals surface area contributed by atoms with E-state index < -0.39 is 12.3 Å². The Morgan fingerprint density at radius 3 is 2.81 bits per heavy atom. The van der Waals surface area contributed by atoms with Gasteiger partial charge in [-0.1, -0.05) is 0 Å². The average molecular weight is 377 g/mol. The van der Waals surface area contributed by atoms with Crippen molar-refractivity contribution in [3.05, 3.63) is 47.5 Å². The number of hydrogen-bond acceptors (Lipinski definition) is 5. The van der Waals surface area contributed by atoms with Gasteiger partial charge in [0.1, 0.15) is 5.75 Å². The number of nitrogens with zero attached hydrogens (tertiary/aromatic N) is 5. The Morgan fingerprint density at radius 1 is 1.26 bits per heavy atom. The van der Waals surface area contributed by atoms with Crippen LogP contribution in [0.5, 0.6) is 5.75 Å². The summed E-state index contributed by atoms with van der Waals surface area (Å²) in [6, 6.07) is 5.70. The lowest BCUT2D eigenvalue weighted by atomic mass is 10.0. The van der Waals surface area contributed by atoms with Crippen LogP contribution in [0.3, 0.4) is 0 Å². The van der Waals surface area contributed by atoms with Crippen LogP contribution < -0.4 is 9.64 Å². The smallest absolute Gasteiger partial charge is 0.406 e. The molecule has 0 radical (unpaired) electrons. The number of anilines is 1. The molecule has 4 rings (SSSR count). The molecule has 0 spiro atoms. The fourth-order valence-electron chi connectivity index (χ4n) is 3.10. The van der Waals surface area contributed by atoms with E-state index in [-0.39, 0.29) is 11.6 Å². The number of fused-ring (bicyclic) bond motifs is 2. The first-order valence-electron chi connectivity index (χ1n) is 8.21. The summed E-state index contributed by atoms with van der Waals surface area (Å²) >= 11 is 0. The number of amides is 1. The first-order valence-corrected chi connectivity index (χ1v) is 8.21. The van der Waals surface area contributed by atoms with Crippen molar-refractivity contribution in [1.29, 1.82) is 0 Å². The second-order valence-electron chi connectivity index (χ2n) is 6.13. The molecule has 10 heteroatoms. The molecule has 3 heterocycles. The molecule has 0 saturated carbocycles. The molecular formula is C17H14F3N5O2. The van der Waals surface area contributed by atoms with Gasteiger partial charge in [0.15, 0.2) is 0 Å². The second kappa shape index (κ2) is 6.22. The zero-order valence-corrected chi connectivity index (χ0v) is 14.2. The minimum atomic E-state index is -4.76. The number of benzene rings is 1. The number of aryl methyl sites for hydroxylation is 2. The third-order valence-corrected chi connectivity index (χ3v) is 4.27. The summed E-state index contributed by atoms with van der Waals surface area (Å²) in [5.74, 6) is -0.434. The topological polar surface area (TPSA) is 72.6 Å². The predicted molar refractivity (Wildman–Crippen MR) is 88.6 cm³/mol. The van der Waals surface area contributed by atoms with Gasteiger partial charge in [-0.2, -0.15) is 4.98 Å². The third kappa shape index (κ3) is 3.29. The van der Waals surface area contributed by atoms with Gasteiger partial charge >= 0.3 is 6.36 Å². The summed E-state index contributed by atoms with van der Waals surface area (Å²) in [6.45, 7) is 2.24. The molecule has 140 valence electrons. The fraction of sp³-hybridized carbons (Fsp3) is 0.294. The highest BCUT2D eigenvalue weighted by atomic mass is 19.4. The van der Waals surface area contributed by atoms with E-state index in [0.29, 0.717) is 36.4 Å². The van der Waals surface area contributed by atoms with Gasteiger partial charge in [0.25, 0.3) is 11.7 Å². The maximum Gasteiger partial charge on any atom is 0.573 e.